The average Bonchev–Trinajstić information content (AvgIpc) is 3.31. The summed E-state index contributed by atoms with van der Waals surface area (Å²) in [5.74, 6) is 0. The van der Waals surface area contributed by atoms with Gasteiger partial charge < -0.3 is 10.6 Å². The van der Waals surface area contributed by atoms with Crippen molar-refractivity contribution in [2.24, 2.45) is 0 Å². The lowest BCUT2D eigenvalue weighted by Crippen LogP contribution is -2.35. The average molecular weight is 872 g/mol. The Labute approximate surface area is 386 Å². The molecule has 0 amide bonds. The zero-order valence-corrected chi connectivity index (χ0v) is 39.2. The summed E-state index contributed by atoms with van der Waals surface area (Å²) in [6.45, 7) is 22.6. The molecule has 0 aliphatic heterocycles. The second-order valence-corrected chi connectivity index (χ2v) is 16.6. The number of rotatable bonds is 19. The number of aromatic nitrogens is 7. The van der Waals surface area contributed by atoms with Gasteiger partial charge in [0.1, 0.15) is 5.69 Å². The van der Waals surface area contributed by atoms with E-state index < -0.39 is 0 Å². The van der Waals surface area contributed by atoms with E-state index in [0.717, 1.165) is 111 Å². The van der Waals surface area contributed by atoms with Crippen LogP contribution in [0.4, 0.5) is 0 Å². The highest BCUT2D eigenvalue weighted by molar-refractivity contribution is 5.71. The number of hydrogen-bond donors (Lipinski definition) is 2. The van der Waals surface area contributed by atoms with E-state index in [1.807, 2.05) is 64.0 Å². The van der Waals surface area contributed by atoms with Crippen molar-refractivity contribution in [1.82, 2.24) is 55.3 Å². The van der Waals surface area contributed by atoms with E-state index >= 15 is 0 Å². The Balaban J connectivity index is 0.000000227. The molecule has 0 aliphatic carbocycles. The molecule has 0 spiro atoms. The third-order valence-electron chi connectivity index (χ3n) is 10.3. The van der Waals surface area contributed by atoms with Crippen LogP contribution in [0.25, 0.3) is 0 Å². The van der Waals surface area contributed by atoms with Gasteiger partial charge in [-0.2, -0.15) is 0 Å². The summed E-state index contributed by atoms with van der Waals surface area (Å²) in [5, 5.41) is 6.74. The molecule has 0 saturated carbocycles. The molecular weight excluding hydrogens is 807 g/mol. The van der Waals surface area contributed by atoms with Crippen LogP contribution in [0.3, 0.4) is 0 Å². The summed E-state index contributed by atoms with van der Waals surface area (Å²) >= 11 is 0. The van der Waals surface area contributed by atoms with Gasteiger partial charge in [0.25, 0.3) is 0 Å². The van der Waals surface area contributed by atoms with E-state index in [0.29, 0.717) is 5.69 Å². The fourth-order valence-electron chi connectivity index (χ4n) is 6.36. The van der Waals surface area contributed by atoms with Gasteiger partial charge in [-0.25, -0.2) is 0 Å². The lowest BCUT2D eigenvalue weighted by molar-refractivity contribution is 0.111. The first-order valence-electron chi connectivity index (χ1n) is 22.2. The van der Waals surface area contributed by atoms with Crippen molar-refractivity contribution in [3.05, 3.63) is 207 Å². The third-order valence-corrected chi connectivity index (χ3v) is 10.3. The minimum atomic E-state index is 0.487. The van der Waals surface area contributed by atoms with Crippen LogP contribution in [0.5, 0.6) is 0 Å². The summed E-state index contributed by atoms with van der Waals surface area (Å²) in [6.07, 6.45) is 14.0. The number of hydrogen-bond acceptors (Lipinski definition) is 12. The summed E-state index contributed by atoms with van der Waals surface area (Å²) in [5.41, 5.74) is 15.1. The van der Waals surface area contributed by atoms with Crippen molar-refractivity contribution in [3.63, 3.8) is 0 Å². The predicted molar refractivity (Wildman–Crippen MR) is 260 cm³/mol. The summed E-state index contributed by atoms with van der Waals surface area (Å²) in [6, 6.07) is 28.8. The van der Waals surface area contributed by atoms with Crippen LogP contribution in [0.2, 0.25) is 0 Å². The number of carbonyl (C=O) groups is 1. The molecule has 0 radical (unpaired) electrons. The van der Waals surface area contributed by atoms with Crippen LogP contribution in [0, 0.1) is 48.5 Å². The van der Waals surface area contributed by atoms with Gasteiger partial charge in [-0.05, 0) is 130 Å². The van der Waals surface area contributed by atoms with E-state index in [1.165, 1.54) is 33.4 Å². The van der Waals surface area contributed by atoms with Gasteiger partial charge in [-0.3, -0.25) is 49.5 Å². The number of carbonyl (C=O) groups excluding carboxylic acids is 1. The van der Waals surface area contributed by atoms with Crippen LogP contribution in [-0.4, -0.2) is 77.2 Å². The third kappa shape index (κ3) is 19.5. The molecule has 0 aromatic carbocycles. The van der Waals surface area contributed by atoms with Crippen LogP contribution < -0.4 is 10.6 Å². The largest absolute Gasteiger partial charge is 0.310 e. The summed E-state index contributed by atoms with van der Waals surface area (Å²) in [7, 11) is 0. The van der Waals surface area contributed by atoms with Crippen molar-refractivity contribution in [1.29, 1.82) is 0 Å². The van der Waals surface area contributed by atoms with E-state index in [2.05, 4.69) is 156 Å². The molecule has 0 fully saturated rings. The van der Waals surface area contributed by atoms with Gasteiger partial charge in [0, 0.05) is 109 Å². The number of nitrogens with zero attached hydrogens (tertiary/aromatic N) is 9. The molecule has 0 unspecified atom stereocenters. The van der Waals surface area contributed by atoms with Crippen LogP contribution in [0.15, 0.2) is 128 Å². The van der Waals surface area contributed by atoms with E-state index in [-0.39, 0.29) is 0 Å². The maximum atomic E-state index is 10.1. The zero-order valence-electron chi connectivity index (χ0n) is 39.2. The first-order chi connectivity index (χ1) is 31.5. The topological polar surface area (TPSA) is 138 Å². The monoisotopic (exact) mass is 872 g/mol. The van der Waals surface area contributed by atoms with Gasteiger partial charge in [-0.15, -0.1) is 0 Å². The second-order valence-electron chi connectivity index (χ2n) is 16.6. The molecule has 12 nitrogen and oxygen atoms in total. The van der Waals surface area contributed by atoms with Crippen LogP contribution >= 0.6 is 0 Å². The highest BCUT2D eigenvalue weighted by atomic mass is 16.1. The molecule has 0 bridgehead atoms. The van der Waals surface area contributed by atoms with Gasteiger partial charge in [0.2, 0.25) is 0 Å². The normalized spacial score (nSPS) is 10.8. The molecule has 65 heavy (non-hydrogen) atoms. The van der Waals surface area contributed by atoms with Gasteiger partial charge in [-0.1, -0.05) is 42.5 Å². The highest BCUT2D eigenvalue weighted by Crippen LogP contribution is 2.13. The van der Waals surface area contributed by atoms with E-state index in [1.54, 1.807) is 12.3 Å². The Kier molecular flexibility index (Phi) is 20.6. The summed E-state index contributed by atoms with van der Waals surface area (Å²) in [4.78, 5) is 46.1. The van der Waals surface area contributed by atoms with Crippen LogP contribution in [-0.2, 0) is 39.3 Å². The molecule has 7 aromatic heterocycles. The lowest BCUT2D eigenvalue weighted by Gasteiger charge is -2.27. The number of aryl methyl sites for hydroxylation is 7. The minimum absolute atomic E-state index is 0.487. The zero-order chi connectivity index (χ0) is 46.2. The number of nitrogens with one attached hydrogen (secondary N) is 2. The molecule has 338 valence electrons. The molecule has 7 aromatic rings. The fraction of sp³-hybridized carbons (Fsp3) is 0.321. The lowest BCUT2D eigenvalue weighted by atomic mass is 10.2. The highest BCUT2D eigenvalue weighted by Gasteiger charge is 2.15. The Morgan fingerprint density at radius 2 is 0.631 bits per heavy atom. The summed E-state index contributed by atoms with van der Waals surface area (Å²) < 4.78 is 0. The number of aldehydes is 1. The Morgan fingerprint density at radius 3 is 0.862 bits per heavy atom. The van der Waals surface area contributed by atoms with Crippen molar-refractivity contribution >= 4 is 6.29 Å². The van der Waals surface area contributed by atoms with Crippen molar-refractivity contribution in [2.75, 3.05) is 26.2 Å². The van der Waals surface area contributed by atoms with Crippen LogP contribution in [0.1, 0.15) is 83.6 Å². The quantitative estimate of drug-likeness (QED) is 0.0597. The fourth-order valence-corrected chi connectivity index (χ4v) is 6.36. The van der Waals surface area contributed by atoms with Crippen molar-refractivity contribution < 1.29 is 4.79 Å². The molecule has 2 N–H and O–H groups in total. The first kappa shape index (κ1) is 49.6. The Bertz CT molecular complexity index is 2150. The second kappa shape index (κ2) is 27.0. The maximum absolute atomic E-state index is 10.1. The Morgan fingerprint density at radius 1 is 0.369 bits per heavy atom. The van der Waals surface area contributed by atoms with Gasteiger partial charge in [0.05, 0.1) is 34.2 Å². The molecule has 7 rings (SSSR count). The van der Waals surface area contributed by atoms with Gasteiger partial charge >= 0.3 is 0 Å². The minimum Gasteiger partial charge on any atom is -0.310 e. The van der Waals surface area contributed by atoms with Crippen molar-refractivity contribution in [2.45, 2.75) is 87.7 Å². The molecule has 12 heteroatoms. The first-order valence-corrected chi connectivity index (χ1v) is 22.2. The van der Waals surface area contributed by atoms with E-state index in [4.69, 9.17) is 0 Å². The van der Waals surface area contributed by atoms with Gasteiger partial charge in [0.15, 0.2) is 6.29 Å². The predicted octanol–water partition coefficient (Wildman–Crippen LogP) is 8.38. The maximum Gasteiger partial charge on any atom is 0.168 e. The molecule has 0 aliphatic rings. The van der Waals surface area contributed by atoms with Crippen molar-refractivity contribution in [3.8, 4) is 0 Å². The smallest absolute Gasteiger partial charge is 0.168 e. The number of pyridine rings is 7. The Hall–Kier alpha value is -6.44. The molecular formula is C53H65N11O. The SMILES string of the molecule is Cc1ccc(C=O)nc1.Cc1ccc(CN(CCN(Cc2ccc(C)cn2)Cc2ccc(C)cn2)Cc2ccc(C)cn2)nc1.Cc1ccc(CNCCNCc2ccc(C)cn2)nc1. The molecule has 0 saturated heterocycles. The van der Waals surface area contributed by atoms with E-state index in [9.17, 15) is 4.79 Å². The standard InChI is InChI=1S/C30H36N6.C16H22N4.C7H7NO/c1-23-5-9-27(31-15-23)19-35(20-28-10-6-24(2)16-32-28)13-14-36(21-29-11-7-25(3)17-33-29)22-30-12-8-26(4)18-34-30;1-13-3-5-15(19-9-13)11-17-7-8-18-12-16-6-4-14(2)10-20-16;1-6-2-3-7(5-9)8-4-6/h5-12,15-18H,13-14,19-22H2,1-4H3;3-6,9-10,17-18H,7-8,11-12H2,1-2H3;2-5H,1H3. The molecule has 7 heterocycles. The molecule has 0 atom stereocenters.